The number of rotatable bonds is 1. The summed E-state index contributed by atoms with van der Waals surface area (Å²) in [6, 6.07) is 0. The van der Waals surface area contributed by atoms with Crippen LogP contribution in [-0.2, 0) is 0 Å². The molecule has 1 heterocycles. The largest absolute Gasteiger partial charge is 0.292 e. The van der Waals surface area contributed by atoms with E-state index in [2.05, 4.69) is 18.8 Å². The van der Waals surface area contributed by atoms with E-state index in [9.17, 15) is 0 Å². The van der Waals surface area contributed by atoms with Gasteiger partial charge in [0.05, 0.1) is 0 Å². The van der Waals surface area contributed by atoms with Crippen molar-refractivity contribution in [2.75, 3.05) is 18.1 Å². The Labute approximate surface area is 60.9 Å². The fourth-order valence-corrected chi connectivity index (χ4v) is 1.82. The fourth-order valence-electron chi connectivity index (χ4n) is 0.825. The Morgan fingerprint density at radius 3 is 2.67 bits per heavy atom. The first-order valence-electron chi connectivity index (χ1n) is 3.41. The Hall–Kier alpha value is 0.0200. The molecule has 0 N–H and O–H groups in total. The third-order valence-corrected chi connectivity index (χ3v) is 2.44. The average Bonchev–Trinajstić information content (AvgIpc) is 1.90. The van der Waals surface area contributed by atoms with Crippen LogP contribution < -0.4 is 0 Å². The van der Waals surface area contributed by atoms with Gasteiger partial charge in [-0.1, -0.05) is 13.8 Å². The van der Waals surface area contributed by atoms with Gasteiger partial charge in [-0.15, -0.1) is 0 Å². The molecule has 1 aliphatic heterocycles. The van der Waals surface area contributed by atoms with Gasteiger partial charge in [-0.25, -0.2) is 0 Å². The molecule has 1 nitrogen and oxygen atoms in total. The van der Waals surface area contributed by atoms with E-state index in [0.29, 0.717) is 5.92 Å². The second-order valence-electron chi connectivity index (χ2n) is 2.58. The fraction of sp³-hybridized carbons (Fsp3) is 0.857. The van der Waals surface area contributed by atoms with Crippen LogP contribution in [0.4, 0.5) is 0 Å². The molecule has 0 saturated carbocycles. The summed E-state index contributed by atoms with van der Waals surface area (Å²) in [4.78, 5) is 4.42. The molecule has 0 atom stereocenters. The molecule has 0 spiro atoms. The molecule has 0 radical (unpaired) electrons. The molecular weight excluding hydrogens is 130 g/mol. The molecule has 0 saturated heterocycles. The van der Waals surface area contributed by atoms with E-state index >= 15 is 0 Å². The van der Waals surface area contributed by atoms with E-state index in [1.165, 1.54) is 11.5 Å². The zero-order chi connectivity index (χ0) is 6.69. The lowest BCUT2D eigenvalue weighted by molar-refractivity contribution is 0.865. The molecular formula is C7H13NS. The summed E-state index contributed by atoms with van der Waals surface area (Å²) in [6.45, 7) is 5.47. The SMILES string of the molecule is CC(C)C1=NCCSC1. The molecule has 0 fully saturated rings. The predicted octanol–water partition coefficient (Wildman–Crippen LogP) is 1.83. The molecule has 9 heavy (non-hydrogen) atoms. The van der Waals surface area contributed by atoms with Gasteiger partial charge in [-0.2, -0.15) is 11.8 Å². The van der Waals surface area contributed by atoms with E-state index in [0.717, 1.165) is 12.3 Å². The maximum absolute atomic E-state index is 4.42. The Bertz CT molecular complexity index is 118. The monoisotopic (exact) mass is 143 g/mol. The van der Waals surface area contributed by atoms with Crippen molar-refractivity contribution in [1.82, 2.24) is 0 Å². The van der Waals surface area contributed by atoms with Crippen molar-refractivity contribution in [1.29, 1.82) is 0 Å². The zero-order valence-electron chi connectivity index (χ0n) is 6.05. The minimum Gasteiger partial charge on any atom is -0.292 e. The van der Waals surface area contributed by atoms with Crippen LogP contribution in [0.1, 0.15) is 13.8 Å². The van der Waals surface area contributed by atoms with Gasteiger partial charge in [-0.05, 0) is 5.92 Å². The summed E-state index contributed by atoms with van der Waals surface area (Å²) < 4.78 is 0. The van der Waals surface area contributed by atoms with Crippen LogP contribution in [0.2, 0.25) is 0 Å². The minimum atomic E-state index is 0.665. The van der Waals surface area contributed by atoms with Gasteiger partial charge in [0.15, 0.2) is 0 Å². The standard InChI is InChI=1S/C7H13NS/c1-6(2)7-5-9-4-3-8-7/h6H,3-5H2,1-2H3. The maximum Gasteiger partial charge on any atom is 0.0479 e. The zero-order valence-corrected chi connectivity index (χ0v) is 6.87. The average molecular weight is 143 g/mol. The number of aliphatic imine (C=N–C) groups is 1. The molecule has 0 aromatic rings. The molecule has 0 aromatic heterocycles. The summed E-state index contributed by atoms with van der Waals surface area (Å²) in [5.41, 5.74) is 1.39. The van der Waals surface area contributed by atoms with Crippen molar-refractivity contribution in [3.8, 4) is 0 Å². The Morgan fingerprint density at radius 1 is 1.56 bits per heavy atom. The molecule has 1 aliphatic rings. The first-order valence-corrected chi connectivity index (χ1v) is 4.57. The second-order valence-corrected chi connectivity index (χ2v) is 3.69. The lowest BCUT2D eigenvalue weighted by Crippen LogP contribution is -2.16. The van der Waals surface area contributed by atoms with Gasteiger partial charge in [-0.3, -0.25) is 4.99 Å². The lowest BCUT2D eigenvalue weighted by atomic mass is 10.1. The Morgan fingerprint density at radius 2 is 2.33 bits per heavy atom. The molecule has 1 rings (SSSR count). The summed E-state index contributed by atoms with van der Waals surface area (Å²) in [5.74, 6) is 3.05. The molecule has 0 amide bonds. The van der Waals surface area contributed by atoms with Crippen molar-refractivity contribution in [2.45, 2.75) is 13.8 Å². The third kappa shape index (κ3) is 2.01. The topological polar surface area (TPSA) is 12.4 Å². The van der Waals surface area contributed by atoms with Crippen LogP contribution in [0, 0.1) is 5.92 Å². The number of thioether (sulfide) groups is 1. The van der Waals surface area contributed by atoms with Crippen LogP contribution in [-0.4, -0.2) is 23.8 Å². The van der Waals surface area contributed by atoms with Gasteiger partial charge in [0.2, 0.25) is 0 Å². The highest BCUT2D eigenvalue weighted by atomic mass is 32.2. The third-order valence-electron chi connectivity index (χ3n) is 1.47. The smallest absolute Gasteiger partial charge is 0.0479 e. The van der Waals surface area contributed by atoms with Crippen LogP contribution in [0.25, 0.3) is 0 Å². The van der Waals surface area contributed by atoms with Crippen molar-refractivity contribution in [3.63, 3.8) is 0 Å². The van der Waals surface area contributed by atoms with E-state index in [1.54, 1.807) is 0 Å². The van der Waals surface area contributed by atoms with Gasteiger partial charge < -0.3 is 0 Å². The van der Waals surface area contributed by atoms with Gasteiger partial charge >= 0.3 is 0 Å². The van der Waals surface area contributed by atoms with Crippen LogP contribution >= 0.6 is 11.8 Å². The van der Waals surface area contributed by atoms with E-state index in [-0.39, 0.29) is 0 Å². The Balaban J connectivity index is 2.46. The van der Waals surface area contributed by atoms with Crippen LogP contribution in [0.5, 0.6) is 0 Å². The Kier molecular flexibility index (Phi) is 2.58. The first kappa shape index (κ1) is 7.13. The van der Waals surface area contributed by atoms with Gasteiger partial charge in [0.1, 0.15) is 0 Å². The number of hydrogen-bond acceptors (Lipinski definition) is 2. The van der Waals surface area contributed by atoms with Crippen molar-refractivity contribution >= 4 is 17.5 Å². The summed E-state index contributed by atoms with van der Waals surface area (Å²) in [6.07, 6.45) is 0. The van der Waals surface area contributed by atoms with E-state index in [4.69, 9.17) is 0 Å². The molecule has 52 valence electrons. The minimum absolute atomic E-state index is 0.665. The lowest BCUT2D eigenvalue weighted by Gasteiger charge is -2.13. The molecule has 2 heteroatoms. The molecule has 0 bridgehead atoms. The number of hydrogen-bond donors (Lipinski definition) is 0. The van der Waals surface area contributed by atoms with Gasteiger partial charge in [0.25, 0.3) is 0 Å². The first-order chi connectivity index (χ1) is 4.30. The van der Waals surface area contributed by atoms with Crippen molar-refractivity contribution in [2.24, 2.45) is 10.9 Å². The van der Waals surface area contributed by atoms with Crippen molar-refractivity contribution in [3.05, 3.63) is 0 Å². The summed E-state index contributed by atoms with van der Waals surface area (Å²) in [7, 11) is 0. The maximum atomic E-state index is 4.42. The molecule has 0 aromatic carbocycles. The van der Waals surface area contributed by atoms with Crippen LogP contribution in [0.3, 0.4) is 0 Å². The normalized spacial score (nSPS) is 20.1. The second kappa shape index (κ2) is 3.25. The highest BCUT2D eigenvalue weighted by molar-refractivity contribution is 8.00. The highest BCUT2D eigenvalue weighted by Gasteiger charge is 2.07. The van der Waals surface area contributed by atoms with Gasteiger partial charge in [0, 0.05) is 23.8 Å². The summed E-state index contributed by atoms with van der Waals surface area (Å²) in [5, 5.41) is 0. The highest BCUT2D eigenvalue weighted by Crippen LogP contribution is 2.11. The summed E-state index contributed by atoms with van der Waals surface area (Å²) >= 11 is 2.00. The van der Waals surface area contributed by atoms with Crippen molar-refractivity contribution < 1.29 is 0 Å². The van der Waals surface area contributed by atoms with E-state index < -0.39 is 0 Å². The predicted molar refractivity (Wildman–Crippen MR) is 44.5 cm³/mol. The molecule has 0 aliphatic carbocycles. The van der Waals surface area contributed by atoms with E-state index in [1.807, 2.05) is 11.8 Å². The van der Waals surface area contributed by atoms with Crippen LogP contribution in [0.15, 0.2) is 4.99 Å². The molecule has 0 unspecified atom stereocenters. The number of nitrogens with zero attached hydrogens (tertiary/aromatic N) is 1. The quantitative estimate of drug-likeness (QED) is 0.545.